The monoisotopic (exact) mass is 235 g/mol. The summed E-state index contributed by atoms with van der Waals surface area (Å²) in [4.78, 5) is 11.1. The molecular formula is C9H18BrNO. The van der Waals surface area contributed by atoms with Gasteiger partial charge in [0.15, 0.2) is 0 Å². The maximum Gasteiger partial charge on any atom is 0.233 e. The molecule has 3 atom stereocenters. The highest BCUT2D eigenvalue weighted by Crippen LogP contribution is 2.07. The lowest BCUT2D eigenvalue weighted by atomic mass is 10.0. The van der Waals surface area contributed by atoms with Gasteiger partial charge in [0.05, 0.1) is 4.83 Å². The molecule has 0 spiro atoms. The Hall–Kier alpha value is -0.0500. The molecule has 0 aliphatic heterocycles. The summed E-state index contributed by atoms with van der Waals surface area (Å²) < 4.78 is 0. The number of carbonyl (C=O) groups is 1. The van der Waals surface area contributed by atoms with Gasteiger partial charge in [0.2, 0.25) is 5.91 Å². The minimum absolute atomic E-state index is 0.0720. The van der Waals surface area contributed by atoms with E-state index < -0.39 is 0 Å². The Morgan fingerprint density at radius 3 is 2.25 bits per heavy atom. The van der Waals surface area contributed by atoms with Crippen LogP contribution in [0.25, 0.3) is 0 Å². The first-order chi connectivity index (χ1) is 5.49. The lowest BCUT2D eigenvalue weighted by molar-refractivity contribution is -0.121. The average molecular weight is 236 g/mol. The third-order valence-corrected chi connectivity index (χ3v) is 2.64. The summed E-state index contributed by atoms with van der Waals surface area (Å²) >= 11 is 3.23. The first-order valence-corrected chi connectivity index (χ1v) is 5.35. The van der Waals surface area contributed by atoms with Crippen molar-refractivity contribution in [1.29, 1.82) is 0 Å². The molecule has 0 aromatic carbocycles. The molecule has 0 aromatic heterocycles. The van der Waals surface area contributed by atoms with Crippen LogP contribution in [0.4, 0.5) is 0 Å². The molecule has 2 nitrogen and oxygen atoms in total. The van der Waals surface area contributed by atoms with Crippen LogP contribution in [0, 0.1) is 5.92 Å². The maximum atomic E-state index is 11.2. The van der Waals surface area contributed by atoms with E-state index >= 15 is 0 Å². The fraction of sp³-hybridized carbons (Fsp3) is 0.889. The quantitative estimate of drug-likeness (QED) is 0.745. The molecule has 0 fully saturated rings. The van der Waals surface area contributed by atoms with E-state index in [0.717, 1.165) is 6.42 Å². The Morgan fingerprint density at radius 2 is 1.92 bits per heavy atom. The fourth-order valence-electron chi connectivity index (χ4n) is 0.835. The normalized spacial score (nSPS) is 18.1. The van der Waals surface area contributed by atoms with E-state index in [9.17, 15) is 4.79 Å². The maximum absolute atomic E-state index is 11.2. The molecular weight excluding hydrogens is 218 g/mol. The van der Waals surface area contributed by atoms with Crippen LogP contribution in [0.3, 0.4) is 0 Å². The zero-order valence-electron chi connectivity index (χ0n) is 8.23. The number of hydrogen-bond acceptors (Lipinski definition) is 1. The highest BCUT2D eigenvalue weighted by molar-refractivity contribution is 9.10. The summed E-state index contributed by atoms with van der Waals surface area (Å²) in [5.41, 5.74) is 0. The SMILES string of the molecule is CCC(C)C(C)NC(=O)C(C)Br. The van der Waals surface area contributed by atoms with Crippen molar-refractivity contribution in [2.45, 2.75) is 45.0 Å². The Morgan fingerprint density at radius 1 is 1.42 bits per heavy atom. The van der Waals surface area contributed by atoms with E-state index in [0.29, 0.717) is 5.92 Å². The number of halogens is 1. The van der Waals surface area contributed by atoms with Crippen LogP contribution in [-0.4, -0.2) is 16.8 Å². The van der Waals surface area contributed by atoms with Crippen molar-refractivity contribution in [2.24, 2.45) is 5.92 Å². The van der Waals surface area contributed by atoms with Gasteiger partial charge in [-0.15, -0.1) is 0 Å². The Labute approximate surface area is 83.2 Å². The van der Waals surface area contributed by atoms with Gasteiger partial charge in [-0.2, -0.15) is 0 Å². The van der Waals surface area contributed by atoms with Crippen LogP contribution in [0.5, 0.6) is 0 Å². The Balaban J connectivity index is 3.83. The first kappa shape index (κ1) is 11.9. The smallest absolute Gasteiger partial charge is 0.233 e. The minimum Gasteiger partial charge on any atom is -0.352 e. The molecule has 3 unspecified atom stereocenters. The minimum atomic E-state index is -0.0935. The van der Waals surface area contributed by atoms with Crippen molar-refractivity contribution >= 4 is 21.8 Å². The second kappa shape index (κ2) is 5.57. The number of carbonyl (C=O) groups excluding carboxylic acids is 1. The van der Waals surface area contributed by atoms with Gasteiger partial charge in [0, 0.05) is 6.04 Å². The van der Waals surface area contributed by atoms with Gasteiger partial charge in [-0.25, -0.2) is 0 Å². The fourth-order valence-corrected chi connectivity index (χ4v) is 0.967. The zero-order chi connectivity index (χ0) is 9.72. The highest BCUT2D eigenvalue weighted by Gasteiger charge is 2.15. The Bertz CT molecular complexity index is 147. The first-order valence-electron chi connectivity index (χ1n) is 4.43. The Kier molecular flexibility index (Phi) is 5.55. The number of amides is 1. The molecule has 12 heavy (non-hydrogen) atoms. The largest absolute Gasteiger partial charge is 0.352 e. The van der Waals surface area contributed by atoms with Crippen LogP contribution in [0.1, 0.15) is 34.1 Å². The summed E-state index contributed by atoms with van der Waals surface area (Å²) in [6.07, 6.45) is 1.10. The van der Waals surface area contributed by atoms with Crippen LogP contribution in [0.2, 0.25) is 0 Å². The van der Waals surface area contributed by atoms with E-state index in [1.54, 1.807) is 0 Å². The molecule has 1 amide bonds. The summed E-state index contributed by atoms with van der Waals surface area (Å²) in [5.74, 6) is 0.614. The predicted octanol–water partition coefficient (Wildman–Crippen LogP) is 2.32. The predicted molar refractivity (Wildman–Crippen MR) is 55.4 cm³/mol. The van der Waals surface area contributed by atoms with Crippen LogP contribution in [-0.2, 0) is 4.79 Å². The van der Waals surface area contributed by atoms with Crippen LogP contribution >= 0.6 is 15.9 Å². The van der Waals surface area contributed by atoms with Crippen molar-refractivity contribution in [1.82, 2.24) is 5.32 Å². The molecule has 0 radical (unpaired) electrons. The molecule has 0 saturated heterocycles. The average Bonchev–Trinajstić information content (AvgIpc) is 2.02. The van der Waals surface area contributed by atoms with Crippen molar-refractivity contribution in [2.75, 3.05) is 0 Å². The number of alkyl halides is 1. The topological polar surface area (TPSA) is 29.1 Å². The second-order valence-corrected chi connectivity index (χ2v) is 4.67. The molecule has 0 rings (SSSR count). The number of hydrogen-bond donors (Lipinski definition) is 1. The van der Waals surface area contributed by atoms with Crippen LogP contribution < -0.4 is 5.32 Å². The van der Waals surface area contributed by atoms with E-state index in [4.69, 9.17) is 0 Å². The van der Waals surface area contributed by atoms with Gasteiger partial charge in [-0.05, 0) is 19.8 Å². The van der Waals surface area contributed by atoms with Crippen molar-refractivity contribution in [3.63, 3.8) is 0 Å². The van der Waals surface area contributed by atoms with Gasteiger partial charge >= 0.3 is 0 Å². The van der Waals surface area contributed by atoms with Crippen molar-refractivity contribution in [3.05, 3.63) is 0 Å². The second-order valence-electron chi connectivity index (χ2n) is 3.30. The number of nitrogens with one attached hydrogen (secondary N) is 1. The van der Waals surface area contributed by atoms with E-state index in [1.807, 2.05) is 13.8 Å². The van der Waals surface area contributed by atoms with Crippen molar-refractivity contribution in [3.8, 4) is 0 Å². The molecule has 1 N–H and O–H groups in total. The molecule has 0 bridgehead atoms. The molecule has 0 heterocycles. The lowest BCUT2D eigenvalue weighted by Gasteiger charge is -2.20. The van der Waals surface area contributed by atoms with Crippen molar-refractivity contribution < 1.29 is 4.79 Å². The molecule has 72 valence electrons. The third-order valence-electron chi connectivity index (χ3n) is 2.23. The van der Waals surface area contributed by atoms with Gasteiger partial charge in [-0.1, -0.05) is 36.2 Å². The van der Waals surface area contributed by atoms with Gasteiger partial charge in [0.1, 0.15) is 0 Å². The molecule has 0 aromatic rings. The molecule has 0 aliphatic carbocycles. The summed E-state index contributed by atoms with van der Waals surface area (Å²) in [7, 11) is 0. The van der Waals surface area contributed by atoms with E-state index in [-0.39, 0.29) is 16.8 Å². The molecule has 0 saturated carbocycles. The molecule has 3 heteroatoms. The number of rotatable bonds is 4. The van der Waals surface area contributed by atoms with Gasteiger partial charge < -0.3 is 5.32 Å². The van der Waals surface area contributed by atoms with E-state index in [2.05, 4.69) is 35.1 Å². The highest BCUT2D eigenvalue weighted by atomic mass is 79.9. The summed E-state index contributed by atoms with van der Waals surface area (Å²) in [6, 6.07) is 0.266. The third kappa shape index (κ3) is 4.10. The lowest BCUT2D eigenvalue weighted by Crippen LogP contribution is -2.40. The van der Waals surface area contributed by atoms with Gasteiger partial charge in [0.25, 0.3) is 0 Å². The zero-order valence-corrected chi connectivity index (χ0v) is 9.81. The summed E-state index contributed by atoms with van der Waals surface area (Å²) in [6.45, 7) is 8.15. The standard InChI is InChI=1S/C9H18BrNO/c1-5-6(2)8(4)11-9(12)7(3)10/h6-8H,5H2,1-4H3,(H,11,12). The van der Waals surface area contributed by atoms with E-state index in [1.165, 1.54) is 0 Å². The van der Waals surface area contributed by atoms with Gasteiger partial charge in [-0.3, -0.25) is 4.79 Å². The molecule has 0 aliphatic rings. The van der Waals surface area contributed by atoms with Crippen LogP contribution in [0.15, 0.2) is 0 Å². The summed E-state index contributed by atoms with van der Waals surface area (Å²) in [5, 5.41) is 2.94.